The molecule has 1 fully saturated rings. The van der Waals surface area contributed by atoms with Crippen LogP contribution in [0.15, 0.2) is 30.3 Å². The number of nitrogens with one attached hydrogen (secondary N) is 1. The molecule has 2 N–H and O–H groups in total. The van der Waals surface area contributed by atoms with Gasteiger partial charge < -0.3 is 15.2 Å². The van der Waals surface area contributed by atoms with Gasteiger partial charge in [0.05, 0.1) is 6.10 Å². The molecule has 1 aromatic carbocycles. The summed E-state index contributed by atoms with van der Waals surface area (Å²) in [5.74, 6) is 0. The molecule has 1 aliphatic carbocycles. The number of rotatable bonds is 3. The molecule has 1 saturated carbocycles. The zero-order chi connectivity index (χ0) is 12.8. The zero-order valence-corrected chi connectivity index (χ0v) is 10.3. The number of hydrogen-bond acceptors (Lipinski definition) is 3. The van der Waals surface area contributed by atoms with Crippen molar-refractivity contribution in [1.29, 1.82) is 0 Å². The lowest BCUT2D eigenvalue weighted by Gasteiger charge is -2.26. The van der Waals surface area contributed by atoms with Crippen molar-refractivity contribution < 1.29 is 14.6 Å². The Morgan fingerprint density at radius 1 is 1.33 bits per heavy atom. The van der Waals surface area contributed by atoms with E-state index < -0.39 is 6.09 Å². The first kappa shape index (κ1) is 12.9. The second kappa shape index (κ2) is 6.40. The van der Waals surface area contributed by atoms with E-state index >= 15 is 0 Å². The first-order valence-electron chi connectivity index (χ1n) is 6.39. The highest BCUT2D eigenvalue weighted by Crippen LogP contribution is 2.18. The third-order valence-corrected chi connectivity index (χ3v) is 3.18. The molecule has 2 rings (SSSR count). The van der Waals surface area contributed by atoms with Gasteiger partial charge in [-0.2, -0.15) is 0 Å². The summed E-state index contributed by atoms with van der Waals surface area (Å²) in [6.07, 6.45) is 2.62. The van der Waals surface area contributed by atoms with Crippen LogP contribution in [0.3, 0.4) is 0 Å². The monoisotopic (exact) mass is 249 g/mol. The summed E-state index contributed by atoms with van der Waals surface area (Å²) in [5, 5.41) is 12.3. The predicted octanol–water partition coefficient (Wildman–Crippen LogP) is 2.22. The highest BCUT2D eigenvalue weighted by molar-refractivity contribution is 5.67. The fourth-order valence-corrected chi connectivity index (χ4v) is 2.23. The largest absolute Gasteiger partial charge is 0.445 e. The van der Waals surface area contributed by atoms with Gasteiger partial charge in [0.1, 0.15) is 6.61 Å². The van der Waals surface area contributed by atoms with Crippen LogP contribution in [0.2, 0.25) is 0 Å². The Labute approximate surface area is 107 Å². The minimum atomic E-state index is -0.405. The maximum absolute atomic E-state index is 11.6. The van der Waals surface area contributed by atoms with Crippen molar-refractivity contribution in [3.63, 3.8) is 0 Å². The van der Waals surface area contributed by atoms with Gasteiger partial charge in [0.15, 0.2) is 0 Å². The van der Waals surface area contributed by atoms with E-state index in [1.54, 1.807) is 0 Å². The molecule has 4 heteroatoms. The van der Waals surface area contributed by atoms with Crippen molar-refractivity contribution >= 4 is 6.09 Å². The minimum absolute atomic E-state index is 0.0389. The van der Waals surface area contributed by atoms with E-state index in [1.165, 1.54) is 0 Å². The van der Waals surface area contributed by atoms with Crippen LogP contribution in [0.4, 0.5) is 4.79 Å². The molecular weight excluding hydrogens is 230 g/mol. The van der Waals surface area contributed by atoms with E-state index in [1.807, 2.05) is 30.3 Å². The molecule has 1 aromatic rings. The van der Waals surface area contributed by atoms with E-state index in [-0.39, 0.29) is 18.8 Å². The van der Waals surface area contributed by atoms with Crippen molar-refractivity contribution in [3.05, 3.63) is 35.9 Å². The van der Waals surface area contributed by atoms with Crippen LogP contribution < -0.4 is 5.32 Å². The van der Waals surface area contributed by atoms with Gasteiger partial charge in [-0.1, -0.05) is 30.3 Å². The Kier molecular flexibility index (Phi) is 4.59. The molecule has 1 aliphatic rings. The smallest absolute Gasteiger partial charge is 0.407 e. The molecule has 0 saturated heterocycles. The zero-order valence-electron chi connectivity index (χ0n) is 10.3. The molecule has 2 atom stereocenters. The average molecular weight is 249 g/mol. The molecule has 1 amide bonds. The molecule has 4 nitrogen and oxygen atoms in total. The molecule has 0 heterocycles. The van der Waals surface area contributed by atoms with Crippen LogP contribution >= 0.6 is 0 Å². The molecule has 0 unspecified atom stereocenters. The topological polar surface area (TPSA) is 58.6 Å². The highest BCUT2D eigenvalue weighted by Gasteiger charge is 2.21. The number of carbonyl (C=O) groups is 1. The standard InChI is InChI=1S/C14H19NO3/c16-13-8-4-7-12(9-13)15-14(17)18-10-11-5-2-1-3-6-11/h1-3,5-6,12-13,16H,4,7-10H2,(H,15,17)/t12-,13-/m0/s1. The van der Waals surface area contributed by atoms with Crippen LogP contribution in [0.5, 0.6) is 0 Å². The lowest BCUT2D eigenvalue weighted by atomic mass is 9.93. The first-order chi connectivity index (χ1) is 8.74. The van der Waals surface area contributed by atoms with Crippen LogP contribution in [-0.2, 0) is 11.3 Å². The third kappa shape index (κ3) is 4.04. The van der Waals surface area contributed by atoms with Gasteiger partial charge in [0.2, 0.25) is 0 Å². The quantitative estimate of drug-likeness (QED) is 0.863. The van der Waals surface area contributed by atoms with E-state index in [2.05, 4.69) is 5.32 Å². The van der Waals surface area contributed by atoms with Crippen molar-refractivity contribution in [2.45, 2.75) is 44.4 Å². The molecule has 0 radical (unpaired) electrons. The Balaban J connectivity index is 1.72. The Morgan fingerprint density at radius 2 is 2.11 bits per heavy atom. The van der Waals surface area contributed by atoms with Crippen LogP contribution in [-0.4, -0.2) is 23.3 Å². The molecule has 0 bridgehead atoms. The summed E-state index contributed by atoms with van der Waals surface area (Å²) in [4.78, 5) is 11.6. The van der Waals surface area contributed by atoms with Crippen molar-refractivity contribution in [3.8, 4) is 0 Å². The Hall–Kier alpha value is -1.55. The van der Waals surface area contributed by atoms with Gasteiger partial charge in [-0.3, -0.25) is 0 Å². The third-order valence-electron chi connectivity index (χ3n) is 3.18. The summed E-state index contributed by atoms with van der Waals surface area (Å²) in [6, 6.07) is 9.61. The van der Waals surface area contributed by atoms with Gasteiger partial charge in [0, 0.05) is 6.04 Å². The van der Waals surface area contributed by atoms with Gasteiger partial charge in [0.25, 0.3) is 0 Å². The first-order valence-corrected chi connectivity index (χ1v) is 6.39. The van der Waals surface area contributed by atoms with E-state index in [9.17, 15) is 9.90 Å². The van der Waals surface area contributed by atoms with Gasteiger partial charge in [-0.05, 0) is 31.2 Å². The summed E-state index contributed by atoms with van der Waals surface area (Å²) < 4.78 is 5.13. The molecule has 0 spiro atoms. The SMILES string of the molecule is O=C(N[C@H]1CCC[C@H](O)C1)OCc1ccccc1. The number of benzene rings is 1. The number of carbonyl (C=O) groups excluding carboxylic acids is 1. The predicted molar refractivity (Wildman–Crippen MR) is 68.0 cm³/mol. The number of hydrogen-bond donors (Lipinski definition) is 2. The minimum Gasteiger partial charge on any atom is -0.445 e. The molecule has 98 valence electrons. The van der Waals surface area contributed by atoms with Crippen molar-refractivity contribution in [2.24, 2.45) is 0 Å². The summed E-state index contributed by atoms with van der Waals surface area (Å²) in [7, 11) is 0. The fraction of sp³-hybridized carbons (Fsp3) is 0.500. The number of ether oxygens (including phenoxy) is 1. The maximum Gasteiger partial charge on any atom is 0.407 e. The number of amides is 1. The van der Waals surface area contributed by atoms with Gasteiger partial charge >= 0.3 is 6.09 Å². The lowest BCUT2D eigenvalue weighted by Crippen LogP contribution is -2.39. The highest BCUT2D eigenvalue weighted by atomic mass is 16.5. The van der Waals surface area contributed by atoms with Crippen molar-refractivity contribution in [2.75, 3.05) is 0 Å². The maximum atomic E-state index is 11.6. The van der Waals surface area contributed by atoms with Gasteiger partial charge in [-0.25, -0.2) is 4.79 Å². The van der Waals surface area contributed by atoms with Crippen LogP contribution in [0, 0.1) is 0 Å². The Morgan fingerprint density at radius 3 is 2.83 bits per heavy atom. The molecule has 18 heavy (non-hydrogen) atoms. The fourth-order valence-electron chi connectivity index (χ4n) is 2.23. The van der Waals surface area contributed by atoms with Crippen LogP contribution in [0.25, 0.3) is 0 Å². The number of aliphatic hydroxyl groups excluding tert-OH is 1. The average Bonchev–Trinajstić information content (AvgIpc) is 2.38. The molecule has 0 aromatic heterocycles. The second-order valence-corrected chi connectivity index (χ2v) is 4.72. The van der Waals surface area contributed by atoms with E-state index in [0.717, 1.165) is 24.8 Å². The molecular formula is C14H19NO3. The second-order valence-electron chi connectivity index (χ2n) is 4.72. The van der Waals surface area contributed by atoms with Gasteiger partial charge in [-0.15, -0.1) is 0 Å². The number of alkyl carbamates (subject to hydrolysis) is 1. The number of aliphatic hydroxyl groups is 1. The summed E-state index contributed by atoms with van der Waals surface area (Å²) in [6.45, 7) is 0.280. The van der Waals surface area contributed by atoms with E-state index in [0.29, 0.717) is 6.42 Å². The van der Waals surface area contributed by atoms with E-state index in [4.69, 9.17) is 4.74 Å². The lowest BCUT2D eigenvalue weighted by molar-refractivity contribution is 0.0997. The Bertz CT molecular complexity index is 380. The van der Waals surface area contributed by atoms with Crippen molar-refractivity contribution in [1.82, 2.24) is 5.32 Å². The summed E-state index contributed by atoms with van der Waals surface area (Å²) >= 11 is 0. The summed E-state index contributed by atoms with van der Waals surface area (Å²) in [5.41, 5.74) is 0.969. The van der Waals surface area contributed by atoms with Crippen LogP contribution in [0.1, 0.15) is 31.2 Å². The molecule has 0 aliphatic heterocycles. The normalized spacial score (nSPS) is 23.4.